The maximum atomic E-state index is 15.3. The fourth-order valence-electron chi connectivity index (χ4n) is 5.66. The smallest absolute Gasteiger partial charge is 0.247 e. The van der Waals surface area contributed by atoms with E-state index in [1.807, 2.05) is 20.8 Å². The van der Waals surface area contributed by atoms with Gasteiger partial charge in [-0.1, -0.05) is 50.6 Å². The zero-order valence-corrected chi connectivity index (χ0v) is 29.0. The fourth-order valence-corrected chi connectivity index (χ4v) is 5.85. The number of hydrogen-bond acceptors (Lipinski definition) is 7. The molecule has 1 aliphatic rings. The van der Waals surface area contributed by atoms with Crippen LogP contribution in [0.3, 0.4) is 0 Å². The van der Waals surface area contributed by atoms with Crippen LogP contribution in [-0.4, -0.2) is 64.3 Å². The lowest BCUT2D eigenvalue weighted by molar-refractivity contribution is -0.143. The van der Waals surface area contributed by atoms with Gasteiger partial charge in [-0.25, -0.2) is 14.4 Å². The Morgan fingerprint density at radius 1 is 1.04 bits per heavy atom. The van der Waals surface area contributed by atoms with E-state index in [-0.39, 0.29) is 35.8 Å². The van der Waals surface area contributed by atoms with Crippen LogP contribution >= 0.6 is 24.0 Å². The lowest BCUT2D eigenvalue weighted by atomic mass is 9.85. The molecule has 1 aliphatic heterocycles. The Hall–Kier alpha value is -4.32. The van der Waals surface area contributed by atoms with Crippen molar-refractivity contribution >= 4 is 75.5 Å². The zero-order chi connectivity index (χ0) is 33.9. The molecule has 13 heteroatoms. The summed E-state index contributed by atoms with van der Waals surface area (Å²) in [4.78, 5) is 52.5. The quantitative estimate of drug-likeness (QED) is 0.186. The second-order valence-corrected chi connectivity index (χ2v) is 13.1. The molecule has 0 saturated carbocycles. The predicted octanol–water partition coefficient (Wildman–Crippen LogP) is 6.38. The second kappa shape index (κ2) is 15.3. The molecule has 3 unspecified atom stereocenters. The fraction of sp³-hybridized carbons (Fsp3) is 0.343. The highest BCUT2D eigenvalue weighted by Crippen LogP contribution is 2.39. The summed E-state index contributed by atoms with van der Waals surface area (Å²) in [7, 11) is 1.68. The van der Waals surface area contributed by atoms with Crippen LogP contribution in [0.15, 0.2) is 73.1 Å². The van der Waals surface area contributed by atoms with E-state index in [4.69, 9.17) is 11.6 Å². The molecule has 48 heavy (non-hydrogen) atoms. The number of fused-ring (bicyclic) bond motifs is 1. The van der Waals surface area contributed by atoms with E-state index in [9.17, 15) is 14.4 Å². The molecular weight excluding hydrogens is 656 g/mol. The van der Waals surface area contributed by atoms with Crippen molar-refractivity contribution in [2.75, 3.05) is 23.8 Å². The minimum atomic E-state index is -0.824. The molecule has 3 atom stereocenters. The Morgan fingerprint density at radius 3 is 2.48 bits per heavy atom. The number of para-hydroxylation sites is 1. The van der Waals surface area contributed by atoms with Gasteiger partial charge < -0.3 is 20.9 Å². The minimum absolute atomic E-state index is 0. The van der Waals surface area contributed by atoms with Crippen LogP contribution in [0, 0.1) is 11.2 Å². The van der Waals surface area contributed by atoms with Crippen molar-refractivity contribution in [3.8, 4) is 0 Å². The van der Waals surface area contributed by atoms with Crippen molar-refractivity contribution in [2.45, 2.75) is 58.7 Å². The normalized spacial score (nSPS) is 15.7. The second-order valence-electron chi connectivity index (χ2n) is 12.7. The summed E-state index contributed by atoms with van der Waals surface area (Å²) in [5, 5.41) is 9.78. The molecule has 5 rings (SSSR count). The summed E-state index contributed by atoms with van der Waals surface area (Å²) in [6, 6.07) is 16.5. The van der Waals surface area contributed by atoms with Gasteiger partial charge in [-0.2, -0.15) is 0 Å². The molecule has 3 aromatic carbocycles. The van der Waals surface area contributed by atoms with Crippen molar-refractivity contribution in [3.05, 3.63) is 83.9 Å². The monoisotopic (exact) mass is 695 g/mol. The van der Waals surface area contributed by atoms with Gasteiger partial charge in [0.2, 0.25) is 17.7 Å². The molecule has 254 valence electrons. The number of nitrogens with one attached hydrogen (secondary N) is 3. The molecule has 0 bridgehead atoms. The van der Waals surface area contributed by atoms with Gasteiger partial charge >= 0.3 is 0 Å². The third-order valence-electron chi connectivity index (χ3n) is 8.32. The molecule has 4 aromatic rings. The lowest BCUT2D eigenvalue weighted by Gasteiger charge is -2.36. The van der Waals surface area contributed by atoms with E-state index in [1.54, 1.807) is 84.4 Å². The number of rotatable bonds is 9. The van der Waals surface area contributed by atoms with Crippen LogP contribution in [0.25, 0.3) is 10.9 Å². The van der Waals surface area contributed by atoms with Crippen LogP contribution in [0.2, 0.25) is 5.02 Å². The van der Waals surface area contributed by atoms with Crippen molar-refractivity contribution in [3.63, 3.8) is 0 Å². The van der Waals surface area contributed by atoms with Gasteiger partial charge in [-0.3, -0.25) is 19.3 Å². The molecule has 3 amide bonds. The number of anilines is 4. The van der Waals surface area contributed by atoms with E-state index >= 15 is 4.39 Å². The van der Waals surface area contributed by atoms with Crippen LogP contribution in [0.5, 0.6) is 0 Å². The topological polar surface area (TPSA) is 120 Å². The highest BCUT2D eigenvalue weighted by molar-refractivity contribution is 6.30. The molecule has 0 radical (unpaired) electrons. The molecule has 2 heterocycles. The lowest BCUT2D eigenvalue weighted by Crippen LogP contribution is -2.59. The number of benzene rings is 3. The van der Waals surface area contributed by atoms with Crippen molar-refractivity contribution in [1.82, 2.24) is 25.5 Å². The minimum Gasteiger partial charge on any atom is -0.342 e. The maximum Gasteiger partial charge on any atom is 0.247 e. The van der Waals surface area contributed by atoms with Gasteiger partial charge in [-0.05, 0) is 80.8 Å². The molecule has 1 fully saturated rings. The molecule has 10 nitrogen and oxygen atoms in total. The highest BCUT2D eigenvalue weighted by atomic mass is 35.5. The standard InChI is InChI=1S/C35H39ClFN7O3.ClH/c1-21(38-5)32(45)42-30(35(2,3)4)34(47)43-17-9-14-29(43)33(46)41-23-15-16-27-25(19-23)31(40-20-39-27)44(24-11-8-10-22(36)18-24)28-13-7-6-12-26(28)37;/h6-8,10-13,15-16,18-21,29-30,38H,9,14,17H2,1-5H3,(H,41,46)(H,42,45);1H. The summed E-state index contributed by atoms with van der Waals surface area (Å²) < 4.78 is 15.3. The average Bonchev–Trinajstić information content (AvgIpc) is 3.54. The van der Waals surface area contributed by atoms with E-state index in [0.29, 0.717) is 52.5 Å². The number of carbonyl (C=O) groups is 3. The van der Waals surface area contributed by atoms with Crippen molar-refractivity contribution < 1.29 is 18.8 Å². The Kier molecular flexibility index (Phi) is 11.6. The van der Waals surface area contributed by atoms with Gasteiger partial charge in [0.1, 0.15) is 30.0 Å². The SMILES string of the molecule is CNC(C)C(=O)NC(C(=O)N1CCCC1C(=O)Nc1ccc2ncnc(N(c3cccc(Cl)c3)c3ccccc3F)c2c1)C(C)(C)C.Cl. The number of carbonyl (C=O) groups excluding carboxylic acids is 3. The number of nitrogens with zero attached hydrogens (tertiary/aromatic N) is 4. The summed E-state index contributed by atoms with van der Waals surface area (Å²) in [5.41, 5.74) is 1.29. The molecule has 0 spiro atoms. The number of amides is 3. The van der Waals surface area contributed by atoms with E-state index in [0.717, 1.165) is 0 Å². The number of likely N-dealkylation sites (tertiary alicyclic amines) is 1. The first-order chi connectivity index (χ1) is 22.4. The summed E-state index contributed by atoms with van der Waals surface area (Å²) in [6.45, 7) is 7.76. The largest absolute Gasteiger partial charge is 0.342 e. The molecule has 1 saturated heterocycles. The maximum absolute atomic E-state index is 15.3. The van der Waals surface area contributed by atoms with Crippen LogP contribution in [0.1, 0.15) is 40.5 Å². The summed E-state index contributed by atoms with van der Waals surface area (Å²) in [6.07, 6.45) is 2.53. The average molecular weight is 697 g/mol. The summed E-state index contributed by atoms with van der Waals surface area (Å²) in [5.74, 6) is -1.02. The van der Waals surface area contributed by atoms with Gasteiger partial charge in [0.25, 0.3) is 0 Å². The van der Waals surface area contributed by atoms with E-state index in [2.05, 4.69) is 25.9 Å². The Bertz CT molecular complexity index is 1800. The third kappa shape index (κ3) is 7.86. The van der Waals surface area contributed by atoms with Crippen molar-refractivity contribution in [1.29, 1.82) is 0 Å². The predicted molar refractivity (Wildman–Crippen MR) is 190 cm³/mol. The first-order valence-electron chi connectivity index (χ1n) is 15.5. The number of hydrogen-bond donors (Lipinski definition) is 3. The van der Waals surface area contributed by atoms with Gasteiger partial charge in [0, 0.05) is 28.3 Å². The molecule has 0 aliphatic carbocycles. The highest BCUT2D eigenvalue weighted by Gasteiger charge is 2.42. The molecule has 1 aromatic heterocycles. The summed E-state index contributed by atoms with van der Waals surface area (Å²) >= 11 is 6.34. The van der Waals surface area contributed by atoms with Crippen molar-refractivity contribution in [2.24, 2.45) is 5.41 Å². The zero-order valence-electron chi connectivity index (χ0n) is 27.5. The van der Waals surface area contributed by atoms with Gasteiger partial charge in [-0.15, -0.1) is 12.4 Å². The first kappa shape index (κ1) is 36.5. The number of halogens is 3. The number of likely N-dealkylation sites (N-methyl/N-ethyl adjacent to an activating group) is 1. The van der Waals surface area contributed by atoms with E-state index in [1.165, 1.54) is 12.4 Å². The van der Waals surface area contributed by atoms with Gasteiger partial charge in [0.05, 0.1) is 17.2 Å². The molecular formula is C35H40Cl2FN7O3. The Balaban J connectivity index is 0.00000520. The Labute approximate surface area is 290 Å². The molecule has 3 N–H and O–H groups in total. The van der Waals surface area contributed by atoms with Crippen LogP contribution < -0.4 is 20.9 Å². The Morgan fingerprint density at radius 2 is 1.79 bits per heavy atom. The van der Waals surface area contributed by atoms with E-state index < -0.39 is 29.4 Å². The van der Waals surface area contributed by atoms with Gasteiger partial charge in [0.15, 0.2) is 0 Å². The van der Waals surface area contributed by atoms with Crippen LogP contribution in [-0.2, 0) is 14.4 Å². The first-order valence-corrected chi connectivity index (χ1v) is 15.9. The van der Waals surface area contributed by atoms with Crippen LogP contribution in [0.4, 0.5) is 27.3 Å². The third-order valence-corrected chi connectivity index (χ3v) is 8.55. The number of aromatic nitrogens is 2.